The van der Waals surface area contributed by atoms with Crippen LogP contribution in [0.2, 0.25) is 0 Å². The van der Waals surface area contributed by atoms with Crippen molar-refractivity contribution in [1.29, 1.82) is 0 Å². The second kappa shape index (κ2) is 7.84. The average Bonchev–Trinajstić information content (AvgIpc) is 2.66. The number of nitrogens with zero attached hydrogens (tertiary/aromatic N) is 4. The van der Waals surface area contributed by atoms with Crippen LogP contribution in [0.1, 0.15) is 17.3 Å². The minimum Gasteiger partial charge on any atom is -0.454 e. The van der Waals surface area contributed by atoms with Gasteiger partial charge in [-0.2, -0.15) is 0 Å². The lowest BCUT2D eigenvalue weighted by atomic mass is 10.2. The van der Waals surface area contributed by atoms with Crippen molar-refractivity contribution in [1.82, 2.24) is 15.0 Å². The molecule has 0 bridgehead atoms. The SMILES string of the molecule is Cc1ccc(NC(=O)c2cc(Oc3cccnc3)cnc2/N=C\N)nc1.[HH]. The monoisotopic (exact) mass is 350 g/mol. The number of hydrogen-bond donors (Lipinski definition) is 2. The van der Waals surface area contributed by atoms with Crippen molar-refractivity contribution in [2.75, 3.05) is 5.32 Å². The molecule has 0 fully saturated rings. The molecule has 0 saturated heterocycles. The van der Waals surface area contributed by atoms with Gasteiger partial charge in [-0.25, -0.2) is 15.0 Å². The minimum absolute atomic E-state index is 0. The molecule has 8 heteroatoms. The molecule has 3 N–H and O–H groups in total. The van der Waals surface area contributed by atoms with Gasteiger partial charge in [0.2, 0.25) is 0 Å². The number of ether oxygens (including phenoxy) is 1. The Labute approximate surface area is 151 Å². The van der Waals surface area contributed by atoms with Crippen LogP contribution < -0.4 is 15.8 Å². The molecule has 0 saturated carbocycles. The number of aromatic nitrogens is 3. The van der Waals surface area contributed by atoms with E-state index in [1.54, 1.807) is 36.8 Å². The van der Waals surface area contributed by atoms with Crippen molar-refractivity contribution in [3.05, 3.63) is 66.2 Å². The summed E-state index contributed by atoms with van der Waals surface area (Å²) in [6, 6.07) is 8.58. The Balaban J connectivity index is 0.00000261. The van der Waals surface area contributed by atoms with E-state index in [9.17, 15) is 4.79 Å². The van der Waals surface area contributed by atoms with Crippen LogP contribution in [0.5, 0.6) is 11.5 Å². The number of nitrogens with one attached hydrogen (secondary N) is 1. The number of rotatable bonds is 5. The molecule has 1 amide bonds. The van der Waals surface area contributed by atoms with Crippen LogP contribution in [-0.4, -0.2) is 27.2 Å². The highest BCUT2D eigenvalue weighted by Crippen LogP contribution is 2.26. The van der Waals surface area contributed by atoms with Crippen molar-refractivity contribution in [2.45, 2.75) is 6.92 Å². The zero-order valence-corrected chi connectivity index (χ0v) is 14.0. The molecule has 3 rings (SSSR count). The van der Waals surface area contributed by atoms with Gasteiger partial charge < -0.3 is 15.8 Å². The highest BCUT2D eigenvalue weighted by molar-refractivity contribution is 6.07. The van der Waals surface area contributed by atoms with Crippen molar-refractivity contribution in [3.63, 3.8) is 0 Å². The molecule has 0 spiro atoms. The number of amides is 1. The molecular formula is C18H18N6O2. The van der Waals surface area contributed by atoms with Crippen molar-refractivity contribution >= 4 is 23.9 Å². The van der Waals surface area contributed by atoms with E-state index in [0.29, 0.717) is 17.3 Å². The second-order valence-corrected chi connectivity index (χ2v) is 5.29. The third-order valence-electron chi connectivity index (χ3n) is 3.31. The number of carbonyl (C=O) groups excluding carboxylic acids is 1. The number of pyridine rings is 3. The number of aliphatic imine (C=N–C) groups is 1. The average molecular weight is 350 g/mol. The van der Waals surface area contributed by atoms with Crippen molar-refractivity contribution in [2.24, 2.45) is 10.7 Å². The van der Waals surface area contributed by atoms with E-state index in [1.165, 1.54) is 12.3 Å². The summed E-state index contributed by atoms with van der Waals surface area (Å²) in [5, 5.41) is 2.70. The van der Waals surface area contributed by atoms with Crippen molar-refractivity contribution < 1.29 is 11.0 Å². The van der Waals surface area contributed by atoms with Crippen LogP contribution in [-0.2, 0) is 0 Å². The second-order valence-electron chi connectivity index (χ2n) is 5.29. The van der Waals surface area contributed by atoms with Gasteiger partial charge in [-0.3, -0.25) is 9.78 Å². The first-order valence-corrected chi connectivity index (χ1v) is 7.72. The number of nitrogens with two attached hydrogens (primary N) is 1. The summed E-state index contributed by atoms with van der Waals surface area (Å²) < 4.78 is 5.66. The third kappa shape index (κ3) is 4.18. The maximum Gasteiger partial charge on any atom is 0.260 e. The van der Waals surface area contributed by atoms with Crippen LogP contribution in [0.25, 0.3) is 0 Å². The molecule has 3 aromatic rings. The quantitative estimate of drug-likeness (QED) is 0.539. The fraction of sp³-hybridized carbons (Fsp3) is 0.0556. The molecule has 0 radical (unpaired) electrons. The van der Waals surface area contributed by atoms with E-state index >= 15 is 0 Å². The van der Waals surface area contributed by atoms with Crippen molar-refractivity contribution in [3.8, 4) is 11.5 Å². The van der Waals surface area contributed by atoms with Gasteiger partial charge in [0.1, 0.15) is 17.3 Å². The van der Waals surface area contributed by atoms with Gasteiger partial charge in [0.25, 0.3) is 5.91 Å². The lowest BCUT2D eigenvalue weighted by Crippen LogP contribution is -2.14. The van der Waals surface area contributed by atoms with E-state index in [-0.39, 0.29) is 12.8 Å². The third-order valence-corrected chi connectivity index (χ3v) is 3.31. The lowest BCUT2D eigenvalue weighted by Gasteiger charge is -2.09. The van der Waals surface area contributed by atoms with Gasteiger partial charge in [0.05, 0.1) is 24.3 Å². The van der Waals surface area contributed by atoms with Gasteiger partial charge >= 0.3 is 0 Å². The summed E-state index contributed by atoms with van der Waals surface area (Å²) in [4.78, 5) is 28.8. The molecule has 0 aliphatic carbocycles. The highest BCUT2D eigenvalue weighted by Gasteiger charge is 2.15. The molecule has 0 aliphatic heterocycles. The summed E-state index contributed by atoms with van der Waals surface area (Å²) in [5.41, 5.74) is 6.54. The normalized spacial score (nSPS) is 10.7. The largest absolute Gasteiger partial charge is 0.454 e. The van der Waals surface area contributed by atoms with E-state index < -0.39 is 5.91 Å². The number of aryl methyl sites for hydroxylation is 1. The van der Waals surface area contributed by atoms with Gasteiger partial charge in [-0.1, -0.05) is 6.07 Å². The molecule has 0 aliphatic rings. The van der Waals surface area contributed by atoms with E-state index in [0.717, 1.165) is 11.9 Å². The molecule has 8 nitrogen and oxygen atoms in total. The first kappa shape index (κ1) is 17.0. The van der Waals surface area contributed by atoms with E-state index in [4.69, 9.17) is 10.5 Å². The molecule has 0 unspecified atom stereocenters. The summed E-state index contributed by atoms with van der Waals surface area (Å²) in [6.07, 6.45) is 7.38. The number of carbonyl (C=O) groups is 1. The summed E-state index contributed by atoms with van der Waals surface area (Å²) >= 11 is 0. The fourth-order valence-electron chi connectivity index (χ4n) is 2.10. The number of hydrogen-bond acceptors (Lipinski definition) is 6. The van der Waals surface area contributed by atoms with Crippen LogP contribution >= 0.6 is 0 Å². The topological polar surface area (TPSA) is 115 Å². The van der Waals surface area contributed by atoms with Crippen LogP contribution in [0.3, 0.4) is 0 Å². The Morgan fingerprint density at radius 1 is 1.23 bits per heavy atom. The van der Waals surface area contributed by atoms with Gasteiger partial charge in [-0.05, 0) is 36.8 Å². The molecule has 3 heterocycles. The predicted molar refractivity (Wildman–Crippen MR) is 99.9 cm³/mol. The maximum absolute atomic E-state index is 12.6. The highest BCUT2D eigenvalue weighted by atomic mass is 16.5. The first-order chi connectivity index (χ1) is 12.7. The zero-order valence-electron chi connectivity index (χ0n) is 14.0. The number of anilines is 1. The van der Waals surface area contributed by atoms with Gasteiger partial charge in [-0.15, -0.1) is 0 Å². The van der Waals surface area contributed by atoms with E-state index in [2.05, 4.69) is 25.3 Å². The predicted octanol–water partition coefficient (Wildman–Crippen LogP) is 3.09. The molecule has 26 heavy (non-hydrogen) atoms. The Hall–Kier alpha value is -3.81. The van der Waals surface area contributed by atoms with Crippen LogP contribution in [0.15, 0.2) is 60.1 Å². The summed E-state index contributed by atoms with van der Waals surface area (Å²) in [7, 11) is 0. The van der Waals surface area contributed by atoms with Crippen LogP contribution in [0, 0.1) is 6.92 Å². The zero-order chi connectivity index (χ0) is 18.4. The Kier molecular flexibility index (Phi) is 5.14. The van der Waals surface area contributed by atoms with Crippen LogP contribution in [0.4, 0.5) is 11.6 Å². The summed E-state index contributed by atoms with van der Waals surface area (Å²) in [5.74, 6) is 1.07. The molecular weight excluding hydrogens is 332 g/mol. The summed E-state index contributed by atoms with van der Waals surface area (Å²) in [6.45, 7) is 1.91. The fourth-order valence-corrected chi connectivity index (χ4v) is 2.10. The Morgan fingerprint density at radius 2 is 2.12 bits per heavy atom. The van der Waals surface area contributed by atoms with E-state index in [1.807, 2.05) is 13.0 Å². The van der Waals surface area contributed by atoms with Gasteiger partial charge in [0.15, 0.2) is 5.82 Å². The molecule has 132 valence electrons. The standard InChI is InChI=1S/C18H16N6O2.H2/c1-12-4-5-16(21-8-12)24-18(25)15-7-14(10-22-17(15)23-11-19)26-13-3-2-6-20-9-13;/h2-11H,1H3,(H2,19,22,23)(H,21,24,25);1H. The molecule has 0 atom stereocenters. The Morgan fingerprint density at radius 3 is 2.81 bits per heavy atom. The lowest BCUT2D eigenvalue weighted by molar-refractivity contribution is 0.102. The van der Waals surface area contributed by atoms with Gasteiger partial charge in [0, 0.05) is 13.8 Å². The molecule has 3 aromatic heterocycles. The maximum atomic E-state index is 12.6. The minimum atomic E-state index is -0.425. The Bertz CT molecular complexity index is 932. The molecule has 0 aromatic carbocycles. The smallest absolute Gasteiger partial charge is 0.260 e. The first-order valence-electron chi connectivity index (χ1n) is 7.72.